The molecular formula is C13H14N2OS. The fourth-order valence-corrected chi connectivity index (χ4v) is 2.94. The number of carbonyl (C=O) groups excluding carboxylic acids is 1. The van der Waals surface area contributed by atoms with Gasteiger partial charge in [0.25, 0.3) is 0 Å². The van der Waals surface area contributed by atoms with Crippen molar-refractivity contribution in [1.82, 2.24) is 5.32 Å². The molecule has 2 rings (SSSR count). The molecule has 1 aliphatic rings. The smallest absolute Gasteiger partial charge is 0.235 e. The van der Waals surface area contributed by atoms with Gasteiger partial charge in [0.15, 0.2) is 0 Å². The first-order valence-corrected chi connectivity index (χ1v) is 6.38. The van der Waals surface area contributed by atoms with E-state index in [1.807, 2.05) is 24.3 Å². The first kappa shape index (κ1) is 12.0. The second kappa shape index (κ2) is 4.42. The maximum atomic E-state index is 12.0. The van der Waals surface area contributed by atoms with Crippen molar-refractivity contribution in [3.63, 3.8) is 0 Å². The molecule has 1 aliphatic heterocycles. The van der Waals surface area contributed by atoms with Crippen molar-refractivity contribution in [3.8, 4) is 6.07 Å². The van der Waals surface area contributed by atoms with Crippen LogP contribution in [0.25, 0.3) is 0 Å². The highest BCUT2D eigenvalue weighted by Gasteiger charge is 2.31. The molecular weight excluding hydrogens is 232 g/mol. The van der Waals surface area contributed by atoms with E-state index in [-0.39, 0.29) is 11.2 Å². The summed E-state index contributed by atoms with van der Waals surface area (Å²) < 4.78 is 0. The minimum absolute atomic E-state index is 0.0576. The van der Waals surface area contributed by atoms with Gasteiger partial charge in [-0.1, -0.05) is 18.2 Å². The van der Waals surface area contributed by atoms with Gasteiger partial charge in [-0.25, -0.2) is 0 Å². The lowest BCUT2D eigenvalue weighted by Gasteiger charge is -2.19. The zero-order chi connectivity index (χ0) is 12.5. The summed E-state index contributed by atoms with van der Waals surface area (Å²) in [6.45, 7) is 3.41. The van der Waals surface area contributed by atoms with Crippen LogP contribution >= 0.6 is 11.8 Å². The molecule has 88 valence electrons. The lowest BCUT2D eigenvalue weighted by atomic mass is 10.1. The van der Waals surface area contributed by atoms with Crippen LogP contribution in [0.5, 0.6) is 0 Å². The van der Waals surface area contributed by atoms with Crippen LogP contribution in [-0.2, 0) is 11.2 Å². The average Bonchev–Trinajstić information content (AvgIpc) is 2.72. The van der Waals surface area contributed by atoms with E-state index < -0.39 is 5.54 Å². The quantitative estimate of drug-likeness (QED) is 0.869. The van der Waals surface area contributed by atoms with Crippen LogP contribution in [0.2, 0.25) is 0 Å². The topological polar surface area (TPSA) is 52.9 Å². The van der Waals surface area contributed by atoms with Crippen LogP contribution in [0.3, 0.4) is 0 Å². The number of thioether (sulfide) groups is 1. The van der Waals surface area contributed by atoms with E-state index in [0.29, 0.717) is 0 Å². The van der Waals surface area contributed by atoms with Gasteiger partial charge in [-0.05, 0) is 31.9 Å². The third-order valence-electron chi connectivity index (χ3n) is 2.65. The van der Waals surface area contributed by atoms with Crippen molar-refractivity contribution in [3.05, 3.63) is 29.8 Å². The number of fused-ring (bicyclic) bond motifs is 1. The van der Waals surface area contributed by atoms with Crippen molar-refractivity contribution < 1.29 is 4.79 Å². The van der Waals surface area contributed by atoms with Crippen molar-refractivity contribution in [2.24, 2.45) is 0 Å². The fraction of sp³-hybridized carbons (Fsp3) is 0.385. The normalized spacial score (nSPS) is 18.3. The molecule has 1 unspecified atom stereocenters. The Morgan fingerprint density at radius 1 is 1.53 bits per heavy atom. The molecule has 0 bridgehead atoms. The van der Waals surface area contributed by atoms with E-state index in [2.05, 4.69) is 11.4 Å². The Morgan fingerprint density at radius 3 is 2.88 bits per heavy atom. The summed E-state index contributed by atoms with van der Waals surface area (Å²) in [5.41, 5.74) is 0.416. The summed E-state index contributed by atoms with van der Waals surface area (Å²) in [5, 5.41) is 11.5. The van der Waals surface area contributed by atoms with Crippen LogP contribution in [0, 0.1) is 11.3 Å². The van der Waals surface area contributed by atoms with Crippen LogP contribution in [-0.4, -0.2) is 16.7 Å². The molecule has 1 N–H and O–H groups in total. The molecule has 17 heavy (non-hydrogen) atoms. The van der Waals surface area contributed by atoms with Gasteiger partial charge in [0.05, 0.1) is 11.3 Å². The first-order valence-electron chi connectivity index (χ1n) is 5.50. The van der Waals surface area contributed by atoms with E-state index >= 15 is 0 Å². The number of amides is 1. The van der Waals surface area contributed by atoms with Gasteiger partial charge in [0.1, 0.15) is 5.54 Å². The van der Waals surface area contributed by atoms with Gasteiger partial charge in [-0.3, -0.25) is 4.79 Å². The second-order valence-electron chi connectivity index (χ2n) is 4.64. The number of nitrogens with zero attached hydrogens (tertiary/aromatic N) is 1. The third kappa shape index (κ3) is 2.62. The number of rotatable bonds is 2. The predicted octanol–water partition coefficient (Wildman–Crippen LogP) is 2.12. The van der Waals surface area contributed by atoms with Gasteiger partial charge < -0.3 is 5.32 Å². The molecule has 0 aliphatic carbocycles. The maximum absolute atomic E-state index is 12.0. The summed E-state index contributed by atoms with van der Waals surface area (Å²) >= 11 is 1.57. The molecule has 1 amide bonds. The van der Waals surface area contributed by atoms with Crippen molar-refractivity contribution in [1.29, 1.82) is 5.26 Å². The van der Waals surface area contributed by atoms with Gasteiger partial charge >= 0.3 is 0 Å². The number of nitriles is 1. The molecule has 1 heterocycles. The summed E-state index contributed by atoms with van der Waals surface area (Å²) in [7, 11) is 0. The Labute approximate surface area is 105 Å². The first-order chi connectivity index (χ1) is 8.02. The van der Waals surface area contributed by atoms with E-state index in [1.165, 1.54) is 10.5 Å². The predicted molar refractivity (Wildman–Crippen MR) is 67.6 cm³/mol. The van der Waals surface area contributed by atoms with Crippen LogP contribution < -0.4 is 5.32 Å². The Bertz CT molecular complexity index is 465. The SMILES string of the molecule is CC(C)(C#N)NC(=O)C1Cc2ccccc2S1. The zero-order valence-corrected chi connectivity index (χ0v) is 10.7. The molecule has 3 nitrogen and oxygen atoms in total. The molecule has 0 aromatic heterocycles. The summed E-state index contributed by atoms with van der Waals surface area (Å²) in [4.78, 5) is 13.2. The standard InChI is InChI=1S/C13H14N2OS/c1-13(2,8-14)15-12(16)11-7-9-5-3-4-6-10(9)17-11/h3-6,11H,7H2,1-2H3,(H,15,16). The molecule has 4 heteroatoms. The fourth-order valence-electron chi connectivity index (χ4n) is 1.74. The lowest BCUT2D eigenvalue weighted by molar-refractivity contribution is -0.121. The Balaban J connectivity index is 2.04. The number of nitrogens with one attached hydrogen (secondary N) is 1. The van der Waals surface area contributed by atoms with E-state index in [4.69, 9.17) is 5.26 Å². The number of carbonyl (C=O) groups is 1. The molecule has 1 aromatic carbocycles. The highest BCUT2D eigenvalue weighted by Crippen LogP contribution is 2.36. The zero-order valence-electron chi connectivity index (χ0n) is 9.86. The Morgan fingerprint density at radius 2 is 2.24 bits per heavy atom. The maximum Gasteiger partial charge on any atom is 0.235 e. The van der Waals surface area contributed by atoms with Gasteiger partial charge in [0.2, 0.25) is 5.91 Å². The van der Waals surface area contributed by atoms with Gasteiger partial charge in [-0.2, -0.15) is 5.26 Å². The largest absolute Gasteiger partial charge is 0.337 e. The monoisotopic (exact) mass is 246 g/mol. The average molecular weight is 246 g/mol. The molecule has 1 aromatic rings. The highest BCUT2D eigenvalue weighted by atomic mass is 32.2. The third-order valence-corrected chi connectivity index (χ3v) is 3.97. The summed E-state index contributed by atoms with van der Waals surface area (Å²) in [6.07, 6.45) is 0.744. The minimum Gasteiger partial charge on any atom is -0.337 e. The highest BCUT2D eigenvalue weighted by molar-refractivity contribution is 8.01. The van der Waals surface area contributed by atoms with Gasteiger partial charge in [-0.15, -0.1) is 11.8 Å². The van der Waals surface area contributed by atoms with E-state index in [9.17, 15) is 4.79 Å². The number of hydrogen-bond donors (Lipinski definition) is 1. The van der Waals surface area contributed by atoms with Crippen molar-refractivity contribution >= 4 is 17.7 Å². The lowest BCUT2D eigenvalue weighted by Crippen LogP contribution is -2.46. The van der Waals surface area contributed by atoms with Crippen LogP contribution in [0.4, 0.5) is 0 Å². The minimum atomic E-state index is -0.799. The second-order valence-corrected chi connectivity index (χ2v) is 5.89. The van der Waals surface area contributed by atoms with Crippen LogP contribution in [0.15, 0.2) is 29.2 Å². The molecule has 0 radical (unpaired) electrons. The van der Waals surface area contributed by atoms with E-state index in [0.717, 1.165) is 6.42 Å². The van der Waals surface area contributed by atoms with Crippen molar-refractivity contribution in [2.45, 2.75) is 36.0 Å². The van der Waals surface area contributed by atoms with Crippen LogP contribution in [0.1, 0.15) is 19.4 Å². The molecule has 1 atom stereocenters. The van der Waals surface area contributed by atoms with Gasteiger partial charge in [0, 0.05) is 4.90 Å². The van der Waals surface area contributed by atoms with Crippen molar-refractivity contribution in [2.75, 3.05) is 0 Å². The molecule has 0 spiro atoms. The molecule has 0 saturated heterocycles. The molecule has 0 saturated carbocycles. The molecule has 0 fully saturated rings. The number of hydrogen-bond acceptors (Lipinski definition) is 3. The summed E-state index contributed by atoms with van der Waals surface area (Å²) in [6, 6.07) is 10.1. The summed E-state index contributed by atoms with van der Waals surface area (Å²) in [5.74, 6) is -0.0576. The number of benzene rings is 1. The Kier molecular flexibility index (Phi) is 3.12. The Hall–Kier alpha value is -1.47. The van der Waals surface area contributed by atoms with E-state index in [1.54, 1.807) is 25.6 Å².